The van der Waals surface area contributed by atoms with Crippen molar-refractivity contribution in [1.82, 2.24) is 30.6 Å². The molecule has 226 valence electrons. The van der Waals surface area contributed by atoms with Crippen LogP contribution in [0.5, 0.6) is 0 Å². The summed E-state index contributed by atoms with van der Waals surface area (Å²) in [7, 11) is 0. The van der Waals surface area contributed by atoms with Gasteiger partial charge >= 0.3 is 46.2 Å². The number of nitro groups is 8. The molecule has 0 aliphatic carbocycles. The van der Waals surface area contributed by atoms with Gasteiger partial charge in [-0.05, 0) is 19.7 Å². The third-order valence-corrected chi connectivity index (χ3v) is 5.26. The molecule has 0 radical (unpaired) electrons. The summed E-state index contributed by atoms with van der Waals surface area (Å²) in [5.41, 5.74) is -3.89. The van der Waals surface area contributed by atoms with Crippen molar-refractivity contribution in [1.29, 1.82) is 0 Å². The van der Waals surface area contributed by atoms with Gasteiger partial charge in [0.05, 0.1) is 0 Å². The van der Waals surface area contributed by atoms with Gasteiger partial charge in [-0.3, -0.25) is 51.1 Å². The molecule has 0 amide bonds. The Morgan fingerprint density at radius 2 is 0.738 bits per heavy atom. The van der Waals surface area contributed by atoms with Crippen LogP contribution in [0.2, 0.25) is 0 Å². The number of H-pyrrole nitrogens is 2. The molecule has 0 saturated carbocycles. The van der Waals surface area contributed by atoms with E-state index in [4.69, 9.17) is 0 Å². The number of nitrogens with zero attached hydrogens (tertiary/aromatic N) is 10. The molecule has 2 aromatic heterocycles. The maximum Gasteiger partial charge on any atom is 0.482 e. The third-order valence-electron chi connectivity index (χ3n) is 5.26. The highest BCUT2D eigenvalue weighted by atomic mass is 16.7. The molecule has 0 unspecified atom stereocenters. The minimum atomic E-state index is -1.94. The summed E-state index contributed by atoms with van der Waals surface area (Å²) in [6.07, 6.45) is 0. The van der Waals surface area contributed by atoms with E-state index in [1.807, 2.05) is 9.97 Å². The fourth-order valence-corrected chi connectivity index (χ4v) is 2.79. The van der Waals surface area contributed by atoms with Crippen LogP contribution in [0.4, 0.5) is 23.3 Å². The minimum absolute atomic E-state index is 0.174. The van der Waals surface area contributed by atoms with E-state index >= 15 is 0 Å². The molecule has 0 bridgehead atoms. The topological polar surface area (TPSA) is 427 Å². The lowest BCUT2D eigenvalue weighted by Crippen LogP contribution is -2.68. The molecule has 0 atom stereocenters. The van der Waals surface area contributed by atoms with Crippen LogP contribution in [-0.2, 0) is 0 Å². The molecule has 0 spiro atoms. The molecule has 30 nitrogen and oxygen atoms in total. The number of hydrogen-bond donors (Lipinski definition) is 4. The summed E-state index contributed by atoms with van der Waals surface area (Å²) < 4.78 is 0. The van der Waals surface area contributed by atoms with Gasteiger partial charge < -0.3 is 40.5 Å². The molecular formula is C12H12N14O16. The number of aromatic nitrogens is 4. The largest absolute Gasteiger partial charge is 0.482 e. The van der Waals surface area contributed by atoms with Crippen molar-refractivity contribution >= 4 is 23.3 Å². The van der Waals surface area contributed by atoms with E-state index in [-0.39, 0.29) is 26.2 Å². The molecule has 42 heavy (non-hydrogen) atoms. The summed E-state index contributed by atoms with van der Waals surface area (Å²) in [6, 6.07) is 0. The van der Waals surface area contributed by atoms with Crippen LogP contribution < -0.4 is 10.6 Å². The first-order valence-electron chi connectivity index (χ1n) is 10.2. The van der Waals surface area contributed by atoms with E-state index in [0.717, 1.165) is 0 Å². The van der Waals surface area contributed by atoms with Gasteiger partial charge in [0.2, 0.25) is 0 Å². The van der Waals surface area contributed by atoms with Gasteiger partial charge in [0.25, 0.3) is 0 Å². The van der Waals surface area contributed by atoms with Gasteiger partial charge in [-0.25, -0.2) is 0 Å². The van der Waals surface area contributed by atoms with Crippen molar-refractivity contribution in [2.75, 3.05) is 26.2 Å². The quantitative estimate of drug-likeness (QED) is 0.137. The second-order valence-electron chi connectivity index (χ2n) is 7.74. The zero-order valence-electron chi connectivity index (χ0n) is 19.8. The molecule has 4 heterocycles. The first-order chi connectivity index (χ1) is 19.4. The lowest BCUT2D eigenvalue weighted by Gasteiger charge is -2.24. The van der Waals surface area contributed by atoms with E-state index < -0.39 is 85.6 Å². The zero-order chi connectivity index (χ0) is 32.2. The summed E-state index contributed by atoms with van der Waals surface area (Å²) in [6.45, 7) is -0.694. The van der Waals surface area contributed by atoms with E-state index in [1.54, 1.807) is 0 Å². The monoisotopic (exact) mass is 608 g/mol. The molecule has 2 aliphatic heterocycles. The Morgan fingerprint density at radius 3 is 0.833 bits per heavy atom. The van der Waals surface area contributed by atoms with Crippen molar-refractivity contribution in [3.8, 4) is 11.6 Å². The van der Waals surface area contributed by atoms with Crippen LogP contribution in [0.3, 0.4) is 0 Å². The summed E-state index contributed by atoms with van der Waals surface area (Å²) >= 11 is 0. The first kappa shape index (κ1) is 31.8. The van der Waals surface area contributed by atoms with Gasteiger partial charge in [-0.2, -0.15) is 9.97 Å². The van der Waals surface area contributed by atoms with E-state index in [9.17, 15) is 80.9 Å². The summed E-state index contributed by atoms with van der Waals surface area (Å²) in [4.78, 5) is 85.1. The van der Waals surface area contributed by atoms with Crippen molar-refractivity contribution in [2.45, 2.75) is 11.3 Å². The highest BCUT2D eigenvalue weighted by Crippen LogP contribution is 2.31. The average Bonchev–Trinajstić information content (AvgIpc) is 3.43. The van der Waals surface area contributed by atoms with E-state index in [1.165, 1.54) is 0 Å². The molecule has 2 fully saturated rings. The fourth-order valence-electron chi connectivity index (χ4n) is 2.79. The normalized spacial score (nSPS) is 15.5. The molecule has 2 aliphatic rings. The molecule has 2 saturated heterocycles. The number of imidazole rings is 2. The van der Waals surface area contributed by atoms with Crippen LogP contribution >= 0.6 is 0 Å². The van der Waals surface area contributed by atoms with Crippen LogP contribution in [0, 0.1) is 80.9 Å². The molecule has 0 aromatic carbocycles. The number of hydrogen-bond acceptors (Lipinski definition) is 20. The van der Waals surface area contributed by atoms with E-state index in [2.05, 4.69) is 20.6 Å². The second-order valence-corrected chi connectivity index (χ2v) is 7.74. The first-order valence-corrected chi connectivity index (χ1v) is 10.2. The van der Waals surface area contributed by atoms with Crippen LogP contribution in [-0.4, -0.2) is 96.8 Å². The molecule has 4 N–H and O–H groups in total. The van der Waals surface area contributed by atoms with Crippen molar-refractivity contribution < 1.29 is 39.4 Å². The van der Waals surface area contributed by atoms with Crippen molar-refractivity contribution in [3.05, 3.63) is 80.9 Å². The minimum Gasteiger partial charge on any atom is -0.358 e. The molecule has 30 heteroatoms. The van der Waals surface area contributed by atoms with Gasteiger partial charge in [0, 0.05) is 9.97 Å². The van der Waals surface area contributed by atoms with E-state index in [0.29, 0.717) is 0 Å². The second kappa shape index (κ2) is 11.7. The summed E-state index contributed by atoms with van der Waals surface area (Å²) in [5, 5.41) is 87.8. The van der Waals surface area contributed by atoms with Crippen molar-refractivity contribution in [3.63, 3.8) is 0 Å². The number of nitrogens with one attached hydrogen (secondary N) is 4. The highest BCUT2D eigenvalue weighted by Gasteiger charge is 2.62. The molecule has 4 rings (SSSR count). The predicted molar refractivity (Wildman–Crippen MR) is 122 cm³/mol. The summed E-state index contributed by atoms with van der Waals surface area (Å²) in [5.74, 6) is -5.78. The van der Waals surface area contributed by atoms with Gasteiger partial charge in [0.1, 0.15) is 45.9 Å². The zero-order valence-corrected chi connectivity index (χ0v) is 19.8. The number of aromatic amines is 2. The van der Waals surface area contributed by atoms with Gasteiger partial charge in [-0.1, -0.05) is 0 Å². The van der Waals surface area contributed by atoms with Crippen LogP contribution in [0.25, 0.3) is 11.6 Å². The smallest absolute Gasteiger partial charge is 0.358 e. The highest BCUT2D eigenvalue weighted by molar-refractivity contribution is 5.59. The van der Waals surface area contributed by atoms with Gasteiger partial charge in [-0.15, -0.1) is 0 Å². The Kier molecular flexibility index (Phi) is 8.87. The fraction of sp³-hybridized carbons (Fsp3) is 0.500. The maximum atomic E-state index is 10.6. The average molecular weight is 608 g/mol. The van der Waals surface area contributed by atoms with Crippen LogP contribution in [0.1, 0.15) is 0 Å². The standard InChI is InChI=1S/C6H2N8O8.2C3H5N3O4/c15-11(16)3-4(12(17)18)8-1(7-3)2-9-5(13(19)20)6(10-2)14(21)22;2*7-5(8)3(6(9)10)1-4-2-3/h(H,7,8)(H,9,10);2*4H,1-2H2. The number of rotatable bonds is 9. The van der Waals surface area contributed by atoms with Crippen LogP contribution in [0.15, 0.2) is 0 Å². The SMILES string of the molecule is O=[N+]([O-])C1([N+](=O)[O-])CNC1.O=[N+]([O-])C1([N+](=O)[O-])CNC1.O=[N+]([O-])c1nc(-c2nc([N+](=O)[O-])c([N+](=O)[O-])[nH]2)[nH]c1[N+](=O)[O-]. The molecular weight excluding hydrogens is 596 g/mol. The maximum absolute atomic E-state index is 10.6. The Hall–Kier alpha value is -6.46. The predicted octanol–water partition coefficient (Wildman–Crippen LogP) is -1.89. The Labute approximate surface area is 224 Å². The Morgan fingerprint density at radius 1 is 0.476 bits per heavy atom. The Bertz CT molecular complexity index is 1280. The van der Waals surface area contributed by atoms with Crippen molar-refractivity contribution in [2.24, 2.45) is 0 Å². The van der Waals surface area contributed by atoms with Gasteiger partial charge in [0.15, 0.2) is 0 Å². The third kappa shape index (κ3) is 5.91. The lowest BCUT2D eigenvalue weighted by atomic mass is 10.1. The molecule has 2 aromatic rings. The Balaban J connectivity index is 0.000000254. The lowest BCUT2D eigenvalue weighted by molar-refractivity contribution is -0.802.